The molecular weight excluding hydrogens is 322 g/mol. The molecule has 1 unspecified atom stereocenters. The van der Waals surface area contributed by atoms with Crippen molar-refractivity contribution in [2.45, 2.75) is 52.3 Å². The molecule has 0 fully saturated rings. The molecule has 130 valence electrons. The van der Waals surface area contributed by atoms with E-state index in [1.807, 2.05) is 13.8 Å². The van der Waals surface area contributed by atoms with E-state index in [0.29, 0.717) is 12.0 Å². The fraction of sp³-hybridized carbons (Fsp3) is 0.667. The van der Waals surface area contributed by atoms with E-state index >= 15 is 0 Å². The molecule has 8 heteroatoms. The zero-order chi connectivity index (χ0) is 17.8. The second-order valence-electron chi connectivity index (χ2n) is 7.17. The van der Waals surface area contributed by atoms with Gasteiger partial charge in [0.25, 0.3) is 0 Å². The first kappa shape index (κ1) is 19.3. The Hall–Kier alpha value is -1.76. The molecule has 1 aliphatic heterocycles. The minimum absolute atomic E-state index is 0.000520. The molecular formula is C15H24ClN3O4. The number of alkyl halides is 1. The smallest absolute Gasteiger partial charge is 0.417 e. The number of aliphatic imine (C=N–C) groups is 1. The minimum Gasteiger partial charge on any atom is -0.445 e. The van der Waals surface area contributed by atoms with E-state index in [4.69, 9.17) is 22.1 Å². The van der Waals surface area contributed by atoms with Gasteiger partial charge in [0.2, 0.25) is 5.62 Å². The Bertz CT molecular complexity index is 523. The largest absolute Gasteiger partial charge is 0.445 e. The number of rotatable bonds is 4. The van der Waals surface area contributed by atoms with E-state index in [0.717, 1.165) is 4.90 Å². The number of halogens is 1. The van der Waals surface area contributed by atoms with Crippen LogP contribution in [0.5, 0.6) is 0 Å². The van der Waals surface area contributed by atoms with Gasteiger partial charge in [0.1, 0.15) is 12.2 Å². The lowest BCUT2D eigenvalue weighted by Gasteiger charge is -2.34. The Morgan fingerprint density at radius 1 is 1.35 bits per heavy atom. The van der Waals surface area contributed by atoms with E-state index in [1.165, 1.54) is 12.4 Å². The lowest BCUT2D eigenvalue weighted by Crippen LogP contribution is -2.41. The third kappa shape index (κ3) is 6.90. The number of hydrogen-bond donors (Lipinski definition) is 1. The van der Waals surface area contributed by atoms with Crippen LogP contribution in [0.15, 0.2) is 16.8 Å². The summed E-state index contributed by atoms with van der Waals surface area (Å²) in [6, 6.07) is 0. The normalized spacial score (nSPS) is 18.4. The van der Waals surface area contributed by atoms with Gasteiger partial charge in [-0.25, -0.2) is 14.5 Å². The molecule has 0 radical (unpaired) electrons. The predicted molar refractivity (Wildman–Crippen MR) is 88.2 cm³/mol. The summed E-state index contributed by atoms with van der Waals surface area (Å²) < 4.78 is 10.2. The Kier molecular flexibility index (Phi) is 6.04. The molecule has 0 saturated carbocycles. The molecule has 0 aliphatic carbocycles. The minimum atomic E-state index is -0.912. The third-order valence-corrected chi connectivity index (χ3v) is 3.13. The Morgan fingerprint density at radius 3 is 2.48 bits per heavy atom. The number of nitrogens with zero attached hydrogens (tertiary/aromatic N) is 2. The van der Waals surface area contributed by atoms with Crippen LogP contribution in [0.25, 0.3) is 0 Å². The molecule has 0 spiro atoms. The monoisotopic (exact) mass is 345 g/mol. The van der Waals surface area contributed by atoms with Crippen molar-refractivity contribution >= 4 is 30.0 Å². The van der Waals surface area contributed by atoms with Crippen molar-refractivity contribution in [2.75, 3.05) is 6.61 Å². The van der Waals surface area contributed by atoms with Crippen LogP contribution in [0, 0.1) is 5.41 Å². The van der Waals surface area contributed by atoms with Crippen molar-refractivity contribution in [3.05, 3.63) is 11.8 Å². The number of hydrogen-bond acceptors (Lipinski definition) is 5. The second kappa shape index (κ2) is 7.21. The molecule has 1 heterocycles. The standard InChI is InChI=1S/C15H24ClN3O4/c1-14(2,3)9-15(4,5)23-13(21)19-7-10(6-18-11(19)16)8-22-12(17)20/h6-7,11H,8-9H2,1-5H3,(H2,17,20). The lowest BCUT2D eigenvalue weighted by atomic mass is 9.84. The molecule has 1 atom stereocenters. The lowest BCUT2D eigenvalue weighted by molar-refractivity contribution is -0.00511. The molecule has 0 aromatic carbocycles. The summed E-state index contributed by atoms with van der Waals surface area (Å²) in [4.78, 5) is 28.1. The molecule has 0 saturated heterocycles. The van der Waals surface area contributed by atoms with E-state index in [1.54, 1.807) is 0 Å². The second-order valence-corrected chi connectivity index (χ2v) is 7.56. The van der Waals surface area contributed by atoms with Gasteiger partial charge in [-0.2, -0.15) is 0 Å². The van der Waals surface area contributed by atoms with Crippen LogP contribution in [-0.2, 0) is 9.47 Å². The summed E-state index contributed by atoms with van der Waals surface area (Å²) >= 11 is 6.02. The van der Waals surface area contributed by atoms with Crippen LogP contribution < -0.4 is 5.73 Å². The van der Waals surface area contributed by atoms with E-state index < -0.39 is 23.4 Å². The maximum absolute atomic E-state index is 12.4. The first-order valence-electron chi connectivity index (χ1n) is 7.21. The number of nitrogens with two attached hydrogens (primary N) is 1. The summed E-state index contributed by atoms with van der Waals surface area (Å²) in [5.74, 6) is 0. The zero-order valence-electron chi connectivity index (χ0n) is 14.1. The van der Waals surface area contributed by atoms with Gasteiger partial charge in [0, 0.05) is 18.0 Å². The molecule has 1 rings (SSSR count). The molecule has 7 nitrogen and oxygen atoms in total. The number of carbonyl (C=O) groups is 2. The van der Waals surface area contributed by atoms with Gasteiger partial charge >= 0.3 is 12.2 Å². The van der Waals surface area contributed by atoms with Crippen molar-refractivity contribution in [1.82, 2.24) is 4.90 Å². The summed E-state index contributed by atoms with van der Waals surface area (Å²) in [6.45, 7) is 9.78. The van der Waals surface area contributed by atoms with Gasteiger partial charge < -0.3 is 15.2 Å². The summed E-state index contributed by atoms with van der Waals surface area (Å²) in [6.07, 6.45) is 2.01. The number of primary amides is 1. The van der Waals surface area contributed by atoms with E-state index in [-0.39, 0.29) is 12.0 Å². The first-order chi connectivity index (χ1) is 10.4. The molecule has 2 N–H and O–H groups in total. The van der Waals surface area contributed by atoms with E-state index in [2.05, 4.69) is 30.5 Å². The summed E-state index contributed by atoms with van der Waals surface area (Å²) in [7, 11) is 0. The number of ether oxygens (including phenoxy) is 2. The average Bonchev–Trinajstić information content (AvgIpc) is 2.33. The van der Waals surface area contributed by atoms with Gasteiger partial charge in [-0.1, -0.05) is 32.4 Å². The average molecular weight is 346 g/mol. The maximum Gasteiger partial charge on any atom is 0.417 e. The van der Waals surface area contributed by atoms with Gasteiger partial charge in [0.15, 0.2) is 0 Å². The van der Waals surface area contributed by atoms with Crippen LogP contribution in [0.2, 0.25) is 0 Å². The quantitative estimate of drug-likeness (QED) is 0.625. The first-order valence-corrected chi connectivity index (χ1v) is 7.65. The highest BCUT2D eigenvalue weighted by Crippen LogP contribution is 2.30. The number of amides is 2. The van der Waals surface area contributed by atoms with Crippen LogP contribution in [-0.4, -0.2) is 41.1 Å². The number of carbonyl (C=O) groups excluding carboxylic acids is 2. The summed E-state index contributed by atoms with van der Waals surface area (Å²) in [5, 5.41) is 0. The van der Waals surface area contributed by atoms with Gasteiger partial charge in [-0.15, -0.1) is 0 Å². The topological polar surface area (TPSA) is 94.2 Å². The molecule has 0 aromatic heterocycles. The predicted octanol–water partition coefficient (Wildman–Crippen LogP) is 3.23. The Morgan fingerprint density at radius 2 is 1.96 bits per heavy atom. The zero-order valence-corrected chi connectivity index (χ0v) is 14.9. The SMILES string of the molecule is CC(C)(C)CC(C)(C)OC(=O)N1C=C(COC(N)=O)C=NC1Cl. The van der Waals surface area contributed by atoms with E-state index in [9.17, 15) is 9.59 Å². The molecule has 0 bridgehead atoms. The maximum atomic E-state index is 12.4. The van der Waals surface area contributed by atoms with Crippen molar-refractivity contribution in [1.29, 1.82) is 0 Å². The highest BCUT2D eigenvalue weighted by atomic mass is 35.5. The molecule has 1 aliphatic rings. The van der Waals surface area contributed by atoms with Crippen LogP contribution in [0.3, 0.4) is 0 Å². The molecule has 23 heavy (non-hydrogen) atoms. The van der Waals surface area contributed by atoms with Crippen LogP contribution in [0.1, 0.15) is 41.0 Å². The van der Waals surface area contributed by atoms with Gasteiger partial charge in [-0.3, -0.25) is 4.99 Å². The van der Waals surface area contributed by atoms with Crippen LogP contribution >= 0.6 is 11.6 Å². The third-order valence-electron chi connectivity index (χ3n) is 2.81. The molecule has 0 aromatic rings. The van der Waals surface area contributed by atoms with Crippen molar-refractivity contribution in [2.24, 2.45) is 16.1 Å². The fourth-order valence-electron chi connectivity index (χ4n) is 2.47. The highest BCUT2D eigenvalue weighted by Gasteiger charge is 2.33. The Labute approximate surface area is 141 Å². The van der Waals surface area contributed by atoms with Crippen molar-refractivity contribution in [3.8, 4) is 0 Å². The van der Waals surface area contributed by atoms with Crippen molar-refractivity contribution in [3.63, 3.8) is 0 Å². The highest BCUT2D eigenvalue weighted by molar-refractivity contribution is 6.21. The van der Waals surface area contributed by atoms with Gasteiger partial charge in [-0.05, 0) is 25.7 Å². The van der Waals surface area contributed by atoms with Crippen molar-refractivity contribution < 1.29 is 19.1 Å². The summed E-state index contributed by atoms with van der Waals surface area (Å²) in [5.41, 5.74) is 3.81. The van der Waals surface area contributed by atoms with Crippen LogP contribution in [0.4, 0.5) is 9.59 Å². The van der Waals surface area contributed by atoms with Gasteiger partial charge in [0.05, 0.1) is 0 Å². The molecule has 2 amide bonds. The Balaban J connectivity index is 2.77. The fourth-order valence-corrected chi connectivity index (χ4v) is 2.67.